The second kappa shape index (κ2) is 4.09. The molecule has 0 aliphatic rings. The molecule has 0 amide bonds. The van der Waals surface area contributed by atoms with E-state index >= 15 is 0 Å². The summed E-state index contributed by atoms with van der Waals surface area (Å²) in [5, 5.41) is 9.49. The van der Waals surface area contributed by atoms with Crippen molar-refractivity contribution in [2.24, 2.45) is 5.92 Å². The molecule has 0 radical (unpaired) electrons. The highest BCUT2D eigenvalue weighted by Gasteiger charge is 2.21. The molecular formula is C10H10BrFO2. The minimum Gasteiger partial charge on any atom is -0.506 e. The lowest BCUT2D eigenvalue weighted by Gasteiger charge is -2.08. The van der Waals surface area contributed by atoms with E-state index in [4.69, 9.17) is 0 Å². The van der Waals surface area contributed by atoms with E-state index in [1.165, 1.54) is 6.07 Å². The van der Waals surface area contributed by atoms with Gasteiger partial charge in [-0.15, -0.1) is 0 Å². The van der Waals surface area contributed by atoms with Crippen molar-refractivity contribution < 1.29 is 14.3 Å². The lowest BCUT2D eigenvalue weighted by molar-refractivity contribution is 0.0932. The summed E-state index contributed by atoms with van der Waals surface area (Å²) in [6, 6.07) is 2.52. The Hall–Kier alpha value is -0.900. The number of hydrogen-bond acceptors (Lipinski definition) is 2. The molecule has 14 heavy (non-hydrogen) atoms. The lowest BCUT2D eigenvalue weighted by Crippen LogP contribution is -2.10. The van der Waals surface area contributed by atoms with E-state index in [1.54, 1.807) is 13.8 Å². The summed E-state index contributed by atoms with van der Waals surface area (Å²) in [6.45, 7) is 3.31. The summed E-state index contributed by atoms with van der Waals surface area (Å²) < 4.78 is 13.6. The summed E-state index contributed by atoms with van der Waals surface area (Å²) in [4.78, 5) is 11.5. The molecule has 0 spiro atoms. The fourth-order valence-corrected chi connectivity index (χ4v) is 1.39. The van der Waals surface area contributed by atoms with Crippen LogP contribution in [-0.2, 0) is 0 Å². The number of phenols is 1. The fraction of sp³-hybridized carbons (Fsp3) is 0.300. The van der Waals surface area contributed by atoms with Gasteiger partial charge in [-0.25, -0.2) is 4.39 Å². The number of hydrogen-bond donors (Lipinski definition) is 1. The minimum absolute atomic E-state index is 0.241. The van der Waals surface area contributed by atoms with Gasteiger partial charge in [0.05, 0.1) is 10.0 Å². The van der Waals surface area contributed by atoms with E-state index in [2.05, 4.69) is 15.9 Å². The largest absolute Gasteiger partial charge is 0.506 e. The normalized spacial score (nSPS) is 10.6. The molecule has 0 aliphatic heterocycles. The average molecular weight is 261 g/mol. The van der Waals surface area contributed by atoms with E-state index in [-0.39, 0.29) is 17.2 Å². The van der Waals surface area contributed by atoms with Gasteiger partial charge in [0.25, 0.3) is 0 Å². The molecule has 0 heterocycles. The smallest absolute Gasteiger partial charge is 0.172 e. The van der Waals surface area contributed by atoms with E-state index < -0.39 is 11.6 Å². The Kier molecular flexibility index (Phi) is 3.26. The van der Waals surface area contributed by atoms with Gasteiger partial charge in [-0.3, -0.25) is 4.79 Å². The molecule has 0 bridgehead atoms. The first-order valence-corrected chi connectivity index (χ1v) is 4.95. The van der Waals surface area contributed by atoms with Gasteiger partial charge in [0.15, 0.2) is 5.78 Å². The predicted octanol–water partition coefficient (Wildman–Crippen LogP) is 3.13. The quantitative estimate of drug-likeness (QED) is 0.830. The van der Waals surface area contributed by atoms with Gasteiger partial charge >= 0.3 is 0 Å². The standard InChI is InChI=1S/C10H10BrFO2/c1-5(2)9(13)8-7(12)4-3-6(11)10(8)14/h3-5,14H,1-2H3. The molecule has 76 valence electrons. The molecular weight excluding hydrogens is 251 g/mol. The molecule has 0 atom stereocenters. The Bertz CT molecular complexity index is 375. The van der Waals surface area contributed by atoms with Crippen LogP contribution in [0.1, 0.15) is 24.2 Å². The number of carbonyl (C=O) groups is 1. The third-order valence-corrected chi connectivity index (χ3v) is 2.49. The van der Waals surface area contributed by atoms with Crippen LogP contribution >= 0.6 is 15.9 Å². The number of aromatic hydroxyl groups is 1. The number of ketones is 1. The number of benzene rings is 1. The van der Waals surface area contributed by atoms with Crippen LogP contribution in [-0.4, -0.2) is 10.9 Å². The van der Waals surface area contributed by atoms with Crippen LogP contribution in [0.2, 0.25) is 0 Å². The van der Waals surface area contributed by atoms with Crippen molar-refractivity contribution in [2.75, 3.05) is 0 Å². The second-order valence-electron chi connectivity index (χ2n) is 3.27. The molecule has 1 N–H and O–H groups in total. The molecule has 0 saturated heterocycles. The zero-order chi connectivity index (χ0) is 10.9. The van der Waals surface area contributed by atoms with Gasteiger partial charge in [0.1, 0.15) is 11.6 Å². The third-order valence-electron chi connectivity index (χ3n) is 1.85. The van der Waals surface area contributed by atoms with E-state index in [1.807, 2.05) is 0 Å². The van der Waals surface area contributed by atoms with E-state index in [0.29, 0.717) is 4.47 Å². The van der Waals surface area contributed by atoms with Crippen LogP contribution in [0.4, 0.5) is 4.39 Å². The minimum atomic E-state index is -0.690. The number of carbonyl (C=O) groups excluding carboxylic acids is 1. The highest BCUT2D eigenvalue weighted by atomic mass is 79.9. The van der Waals surface area contributed by atoms with Crippen LogP contribution in [0.5, 0.6) is 5.75 Å². The molecule has 1 rings (SSSR count). The highest BCUT2D eigenvalue weighted by molar-refractivity contribution is 9.10. The van der Waals surface area contributed by atoms with Crippen LogP contribution in [0.15, 0.2) is 16.6 Å². The van der Waals surface area contributed by atoms with Gasteiger partial charge in [0, 0.05) is 5.92 Å². The summed E-state index contributed by atoms with van der Waals surface area (Å²) in [7, 11) is 0. The highest BCUT2D eigenvalue weighted by Crippen LogP contribution is 2.31. The molecule has 1 aromatic rings. The van der Waals surface area contributed by atoms with Gasteiger partial charge in [0.2, 0.25) is 0 Å². The van der Waals surface area contributed by atoms with Crippen molar-refractivity contribution in [1.29, 1.82) is 0 Å². The number of Topliss-reactive ketones (excluding diaryl/α,β-unsaturated/α-hetero) is 1. The maximum atomic E-state index is 13.2. The molecule has 0 saturated carbocycles. The summed E-state index contributed by atoms with van der Waals surface area (Å²) >= 11 is 3.03. The predicted molar refractivity (Wildman–Crippen MR) is 54.9 cm³/mol. The summed E-state index contributed by atoms with van der Waals surface area (Å²) in [5.74, 6) is -1.76. The Labute approximate surface area is 89.9 Å². The van der Waals surface area contributed by atoms with Gasteiger partial charge in [-0.2, -0.15) is 0 Å². The Morgan fingerprint density at radius 2 is 2.07 bits per heavy atom. The van der Waals surface area contributed by atoms with Gasteiger partial charge in [-0.05, 0) is 28.1 Å². The number of halogens is 2. The second-order valence-corrected chi connectivity index (χ2v) is 4.13. The third kappa shape index (κ3) is 1.95. The zero-order valence-corrected chi connectivity index (χ0v) is 9.43. The molecule has 4 heteroatoms. The first kappa shape index (κ1) is 11.2. The average Bonchev–Trinajstić information content (AvgIpc) is 2.12. The molecule has 0 aromatic heterocycles. The van der Waals surface area contributed by atoms with E-state index in [0.717, 1.165) is 6.07 Å². The van der Waals surface area contributed by atoms with Crippen LogP contribution in [0.3, 0.4) is 0 Å². The molecule has 1 aromatic carbocycles. The lowest BCUT2D eigenvalue weighted by atomic mass is 10.00. The molecule has 2 nitrogen and oxygen atoms in total. The monoisotopic (exact) mass is 260 g/mol. The maximum absolute atomic E-state index is 13.2. The van der Waals surface area contributed by atoms with Gasteiger partial charge in [-0.1, -0.05) is 13.8 Å². The summed E-state index contributed by atoms with van der Waals surface area (Å²) in [5.41, 5.74) is -0.241. The van der Waals surface area contributed by atoms with Crippen molar-refractivity contribution in [2.45, 2.75) is 13.8 Å². The Morgan fingerprint density at radius 3 is 2.57 bits per heavy atom. The topological polar surface area (TPSA) is 37.3 Å². The van der Waals surface area contributed by atoms with Crippen molar-refractivity contribution in [1.82, 2.24) is 0 Å². The zero-order valence-electron chi connectivity index (χ0n) is 7.84. The van der Waals surface area contributed by atoms with Crippen molar-refractivity contribution in [3.63, 3.8) is 0 Å². The van der Waals surface area contributed by atoms with Gasteiger partial charge < -0.3 is 5.11 Å². The van der Waals surface area contributed by atoms with Crippen molar-refractivity contribution in [3.8, 4) is 5.75 Å². The van der Waals surface area contributed by atoms with Crippen molar-refractivity contribution in [3.05, 3.63) is 28.0 Å². The Morgan fingerprint density at radius 1 is 1.50 bits per heavy atom. The van der Waals surface area contributed by atoms with Crippen LogP contribution in [0.25, 0.3) is 0 Å². The van der Waals surface area contributed by atoms with Crippen LogP contribution < -0.4 is 0 Å². The first-order valence-electron chi connectivity index (χ1n) is 4.16. The fourth-order valence-electron chi connectivity index (χ4n) is 1.06. The van der Waals surface area contributed by atoms with E-state index in [9.17, 15) is 14.3 Å². The molecule has 0 unspecified atom stereocenters. The summed E-state index contributed by atoms with van der Waals surface area (Å²) in [6.07, 6.45) is 0. The van der Waals surface area contributed by atoms with Crippen LogP contribution in [0, 0.1) is 11.7 Å². The number of phenolic OH excluding ortho intramolecular Hbond substituents is 1. The molecule has 0 fully saturated rings. The SMILES string of the molecule is CC(C)C(=O)c1c(F)ccc(Br)c1O. The Balaban J connectivity index is 3.33. The van der Waals surface area contributed by atoms with Crippen molar-refractivity contribution >= 4 is 21.7 Å². The first-order chi connectivity index (χ1) is 6.45. The molecule has 0 aliphatic carbocycles. The maximum Gasteiger partial charge on any atom is 0.172 e. The number of rotatable bonds is 2.